The molecule has 0 bridgehead atoms. The fourth-order valence-corrected chi connectivity index (χ4v) is 3.05. The van der Waals surface area contributed by atoms with Crippen molar-refractivity contribution >= 4 is 5.96 Å². The van der Waals surface area contributed by atoms with Crippen molar-refractivity contribution in [1.29, 1.82) is 0 Å². The number of hydrogen-bond donors (Lipinski definition) is 3. The van der Waals surface area contributed by atoms with E-state index < -0.39 is 0 Å². The molecule has 0 aliphatic rings. The van der Waals surface area contributed by atoms with Gasteiger partial charge in [-0.15, -0.1) is 0 Å². The number of rotatable bonds is 12. The van der Waals surface area contributed by atoms with E-state index in [9.17, 15) is 5.11 Å². The van der Waals surface area contributed by atoms with Gasteiger partial charge in [0.2, 0.25) is 0 Å². The van der Waals surface area contributed by atoms with Gasteiger partial charge in [0.05, 0.1) is 20.3 Å². The number of nitrogens with one attached hydrogen (secondary N) is 2. The molecule has 1 aromatic carbocycles. The summed E-state index contributed by atoms with van der Waals surface area (Å²) < 4.78 is 11.0. The summed E-state index contributed by atoms with van der Waals surface area (Å²) in [6.07, 6.45) is 2.83. The van der Waals surface area contributed by atoms with Crippen LogP contribution in [0.15, 0.2) is 23.2 Å². The van der Waals surface area contributed by atoms with E-state index in [-0.39, 0.29) is 12.0 Å². The third-order valence-corrected chi connectivity index (χ3v) is 5.06. The van der Waals surface area contributed by atoms with Crippen LogP contribution in [0, 0.1) is 5.41 Å². The molecule has 0 heterocycles. The summed E-state index contributed by atoms with van der Waals surface area (Å²) in [5, 5.41) is 16.1. The Morgan fingerprint density at radius 1 is 1.11 bits per heavy atom. The zero-order chi connectivity index (χ0) is 20.1. The molecule has 0 amide bonds. The third kappa shape index (κ3) is 7.29. The van der Waals surface area contributed by atoms with Crippen molar-refractivity contribution in [2.75, 3.05) is 33.4 Å². The van der Waals surface area contributed by atoms with Gasteiger partial charge in [-0.1, -0.05) is 19.9 Å². The molecule has 0 aromatic heterocycles. The van der Waals surface area contributed by atoms with E-state index in [1.807, 2.05) is 25.1 Å². The maximum atomic E-state index is 9.40. The number of aliphatic hydroxyl groups is 1. The monoisotopic (exact) mass is 379 g/mol. The van der Waals surface area contributed by atoms with Crippen LogP contribution in [0.5, 0.6) is 11.5 Å². The van der Waals surface area contributed by atoms with Crippen LogP contribution >= 0.6 is 0 Å². The topological polar surface area (TPSA) is 75.1 Å². The summed E-state index contributed by atoms with van der Waals surface area (Å²) in [6, 6.07) is 5.90. The first-order valence-electron chi connectivity index (χ1n) is 10.0. The summed E-state index contributed by atoms with van der Waals surface area (Å²) in [5.41, 5.74) is 1.15. The lowest BCUT2D eigenvalue weighted by Gasteiger charge is -2.32. The summed E-state index contributed by atoms with van der Waals surface area (Å²) in [6.45, 7) is 11.3. The Labute approximate surface area is 164 Å². The van der Waals surface area contributed by atoms with Crippen LogP contribution in [0.1, 0.15) is 52.5 Å². The quantitative estimate of drug-likeness (QED) is 0.384. The van der Waals surface area contributed by atoms with E-state index in [0.717, 1.165) is 55.4 Å². The molecule has 27 heavy (non-hydrogen) atoms. The normalized spacial score (nSPS) is 12.0. The largest absolute Gasteiger partial charge is 0.493 e. The fourth-order valence-electron chi connectivity index (χ4n) is 3.05. The molecule has 0 unspecified atom stereocenters. The van der Waals surface area contributed by atoms with Gasteiger partial charge in [0, 0.05) is 19.7 Å². The highest BCUT2D eigenvalue weighted by atomic mass is 16.5. The summed E-state index contributed by atoms with van der Waals surface area (Å²) in [4.78, 5) is 4.70. The molecule has 6 nitrogen and oxygen atoms in total. The predicted octanol–water partition coefficient (Wildman–Crippen LogP) is 3.34. The average Bonchev–Trinajstić information content (AvgIpc) is 2.70. The molecule has 0 aliphatic carbocycles. The Morgan fingerprint density at radius 3 is 2.41 bits per heavy atom. The number of methoxy groups -OCH3 is 1. The maximum Gasteiger partial charge on any atom is 0.191 e. The van der Waals surface area contributed by atoms with Crippen LogP contribution in [0.2, 0.25) is 0 Å². The summed E-state index contributed by atoms with van der Waals surface area (Å²) in [7, 11) is 1.65. The first-order chi connectivity index (χ1) is 13.1. The van der Waals surface area contributed by atoms with Crippen molar-refractivity contribution < 1.29 is 14.6 Å². The zero-order valence-electron chi connectivity index (χ0n) is 17.6. The van der Waals surface area contributed by atoms with Gasteiger partial charge in [-0.3, -0.25) is 0 Å². The molecule has 0 radical (unpaired) electrons. The van der Waals surface area contributed by atoms with Gasteiger partial charge in [0.1, 0.15) is 0 Å². The minimum atomic E-state index is 0.0906. The average molecular weight is 380 g/mol. The Bertz CT molecular complexity index is 572. The summed E-state index contributed by atoms with van der Waals surface area (Å²) >= 11 is 0. The highest BCUT2D eigenvalue weighted by Crippen LogP contribution is 2.30. The zero-order valence-corrected chi connectivity index (χ0v) is 17.6. The minimum absolute atomic E-state index is 0.0906. The molecule has 0 saturated carbocycles. The predicted molar refractivity (Wildman–Crippen MR) is 112 cm³/mol. The lowest BCUT2D eigenvalue weighted by atomic mass is 9.79. The fraction of sp³-hybridized carbons (Fsp3) is 0.667. The van der Waals surface area contributed by atoms with Crippen molar-refractivity contribution in [2.24, 2.45) is 10.4 Å². The molecule has 0 spiro atoms. The van der Waals surface area contributed by atoms with Crippen molar-refractivity contribution in [3.8, 4) is 11.5 Å². The molecule has 0 saturated heterocycles. The highest BCUT2D eigenvalue weighted by molar-refractivity contribution is 5.79. The Kier molecular flexibility index (Phi) is 10.6. The van der Waals surface area contributed by atoms with Gasteiger partial charge in [-0.25, -0.2) is 4.99 Å². The molecule has 0 aliphatic heterocycles. The molecule has 3 N–H and O–H groups in total. The molecule has 1 aromatic rings. The molecular weight excluding hydrogens is 342 g/mol. The number of guanidine groups is 1. The molecular formula is C21H37N3O3. The minimum Gasteiger partial charge on any atom is -0.493 e. The molecule has 154 valence electrons. The van der Waals surface area contributed by atoms with Crippen LogP contribution in [-0.4, -0.2) is 44.5 Å². The Morgan fingerprint density at radius 2 is 1.85 bits per heavy atom. The second-order valence-electron chi connectivity index (χ2n) is 6.65. The number of nitrogens with zero attached hydrogens (tertiary/aromatic N) is 1. The van der Waals surface area contributed by atoms with Gasteiger partial charge >= 0.3 is 0 Å². The number of aliphatic hydroxyl groups excluding tert-OH is 1. The first kappa shape index (κ1) is 23.1. The van der Waals surface area contributed by atoms with E-state index in [0.29, 0.717) is 13.2 Å². The van der Waals surface area contributed by atoms with E-state index in [1.54, 1.807) is 7.11 Å². The van der Waals surface area contributed by atoms with Gasteiger partial charge in [-0.2, -0.15) is 0 Å². The number of ether oxygens (including phenoxy) is 2. The van der Waals surface area contributed by atoms with Crippen molar-refractivity contribution in [3.63, 3.8) is 0 Å². The first-order valence-corrected chi connectivity index (χ1v) is 10.0. The van der Waals surface area contributed by atoms with Crippen LogP contribution in [-0.2, 0) is 6.54 Å². The second-order valence-corrected chi connectivity index (χ2v) is 6.65. The number of aliphatic imine (C=N–C) groups is 1. The molecule has 0 fully saturated rings. The van der Waals surface area contributed by atoms with Crippen molar-refractivity contribution in [3.05, 3.63) is 23.8 Å². The maximum absolute atomic E-state index is 9.40. The third-order valence-electron chi connectivity index (χ3n) is 5.06. The lowest BCUT2D eigenvalue weighted by molar-refractivity contribution is 0.169. The summed E-state index contributed by atoms with van der Waals surface area (Å²) in [5.74, 6) is 2.26. The molecule has 1 rings (SSSR count). The molecule has 6 heteroatoms. The molecule has 0 atom stereocenters. The van der Waals surface area contributed by atoms with E-state index in [1.165, 1.54) is 0 Å². The van der Waals surface area contributed by atoms with Crippen LogP contribution < -0.4 is 20.1 Å². The second kappa shape index (κ2) is 12.4. The van der Waals surface area contributed by atoms with Gasteiger partial charge in [-0.05, 0) is 56.2 Å². The van der Waals surface area contributed by atoms with Gasteiger partial charge in [0.15, 0.2) is 17.5 Å². The van der Waals surface area contributed by atoms with E-state index in [2.05, 4.69) is 31.4 Å². The smallest absolute Gasteiger partial charge is 0.191 e. The standard InChI is InChI=1S/C21H37N3O3/c1-6-21(7-2,12-13-25)16-24-20(22-8-3)23-15-17-10-11-18(27-9-4)19(14-17)26-5/h10-11,14,25H,6-9,12-13,15-16H2,1-5H3,(H2,22,23,24). The SMILES string of the molecule is CCNC(=NCc1ccc(OCC)c(OC)c1)NCC(CC)(CC)CCO. The van der Waals surface area contributed by atoms with Crippen molar-refractivity contribution in [2.45, 2.75) is 53.5 Å². The number of hydrogen-bond acceptors (Lipinski definition) is 4. The van der Waals surface area contributed by atoms with Gasteiger partial charge < -0.3 is 25.2 Å². The van der Waals surface area contributed by atoms with Crippen LogP contribution in [0.3, 0.4) is 0 Å². The van der Waals surface area contributed by atoms with E-state index in [4.69, 9.17) is 14.5 Å². The van der Waals surface area contributed by atoms with Crippen LogP contribution in [0.4, 0.5) is 0 Å². The highest BCUT2D eigenvalue weighted by Gasteiger charge is 2.25. The van der Waals surface area contributed by atoms with Gasteiger partial charge in [0.25, 0.3) is 0 Å². The Hall–Kier alpha value is -1.95. The van der Waals surface area contributed by atoms with E-state index >= 15 is 0 Å². The lowest BCUT2D eigenvalue weighted by Crippen LogP contribution is -2.43. The van der Waals surface area contributed by atoms with Crippen LogP contribution in [0.25, 0.3) is 0 Å². The number of benzene rings is 1. The van der Waals surface area contributed by atoms with Crippen molar-refractivity contribution in [1.82, 2.24) is 10.6 Å². The Balaban J connectivity index is 2.84.